The van der Waals surface area contributed by atoms with Crippen LogP contribution in [0.5, 0.6) is 0 Å². The van der Waals surface area contributed by atoms with Crippen molar-refractivity contribution in [2.45, 2.75) is 19.9 Å². The third-order valence-electron chi connectivity index (χ3n) is 2.33. The van der Waals surface area contributed by atoms with Gasteiger partial charge in [0.15, 0.2) is 0 Å². The maximum atomic E-state index is 5.91. The Morgan fingerprint density at radius 3 is 2.69 bits per heavy atom. The van der Waals surface area contributed by atoms with Crippen LogP contribution in [0.3, 0.4) is 0 Å². The molecule has 1 aromatic heterocycles. The number of hydrogen-bond donors (Lipinski definition) is 2. The molecule has 1 heterocycles. The van der Waals surface area contributed by atoms with Gasteiger partial charge in [-0.15, -0.1) is 10.2 Å². The maximum absolute atomic E-state index is 5.91. The molecule has 0 saturated carbocycles. The van der Waals surface area contributed by atoms with Gasteiger partial charge in [0.05, 0.1) is 6.04 Å². The van der Waals surface area contributed by atoms with Gasteiger partial charge in [0.1, 0.15) is 5.01 Å². The van der Waals surface area contributed by atoms with E-state index in [2.05, 4.69) is 22.4 Å². The Hall–Kier alpha value is -1.62. The van der Waals surface area contributed by atoms with Crippen molar-refractivity contribution >= 4 is 22.2 Å². The number of nitrogen functional groups attached to an aromatic ring is 1. The summed E-state index contributed by atoms with van der Waals surface area (Å²) in [4.78, 5) is 0. The number of para-hydroxylation sites is 1. The van der Waals surface area contributed by atoms with Gasteiger partial charge in [0.2, 0.25) is 5.13 Å². The summed E-state index contributed by atoms with van der Waals surface area (Å²) in [5.74, 6) is 0. The first-order chi connectivity index (χ1) is 7.66. The third-order valence-corrected chi connectivity index (χ3v) is 3.10. The fourth-order valence-electron chi connectivity index (χ4n) is 1.52. The molecule has 0 aliphatic heterocycles. The van der Waals surface area contributed by atoms with Crippen molar-refractivity contribution in [2.24, 2.45) is 0 Å². The topological polar surface area (TPSA) is 63.8 Å². The van der Waals surface area contributed by atoms with Crippen LogP contribution in [0, 0.1) is 6.92 Å². The molecule has 2 aromatic rings. The summed E-state index contributed by atoms with van der Waals surface area (Å²) >= 11 is 1.54. The summed E-state index contributed by atoms with van der Waals surface area (Å²) in [6, 6.07) is 7.96. The molecule has 0 aliphatic rings. The highest BCUT2D eigenvalue weighted by molar-refractivity contribution is 7.15. The average molecular weight is 234 g/mol. The molecule has 5 heteroatoms. The molecule has 84 valence electrons. The normalized spacial score (nSPS) is 12.4. The molecule has 4 nitrogen and oxygen atoms in total. The highest BCUT2D eigenvalue weighted by Gasteiger charge is 2.10. The van der Waals surface area contributed by atoms with Gasteiger partial charge in [0, 0.05) is 5.69 Å². The summed E-state index contributed by atoms with van der Waals surface area (Å²) in [5.41, 5.74) is 7.78. The SMILES string of the molecule is Cc1nnc(NC(C)c2ccccc2N)s1. The van der Waals surface area contributed by atoms with Crippen molar-refractivity contribution in [1.82, 2.24) is 10.2 Å². The number of aryl methyl sites for hydroxylation is 1. The Bertz CT molecular complexity index is 480. The van der Waals surface area contributed by atoms with Crippen molar-refractivity contribution in [1.29, 1.82) is 0 Å². The van der Waals surface area contributed by atoms with Crippen LogP contribution in [-0.2, 0) is 0 Å². The molecule has 1 atom stereocenters. The largest absolute Gasteiger partial charge is 0.398 e. The Kier molecular flexibility index (Phi) is 3.05. The van der Waals surface area contributed by atoms with E-state index in [0.717, 1.165) is 21.4 Å². The second kappa shape index (κ2) is 4.49. The minimum Gasteiger partial charge on any atom is -0.398 e. The van der Waals surface area contributed by atoms with E-state index in [9.17, 15) is 0 Å². The fourth-order valence-corrected chi connectivity index (χ4v) is 2.20. The van der Waals surface area contributed by atoms with Crippen molar-refractivity contribution in [3.63, 3.8) is 0 Å². The molecule has 2 rings (SSSR count). The first-order valence-electron chi connectivity index (χ1n) is 5.08. The van der Waals surface area contributed by atoms with E-state index in [0.29, 0.717) is 0 Å². The lowest BCUT2D eigenvalue weighted by Gasteiger charge is -2.14. The fraction of sp³-hybridized carbons (Fsp3) is 0.273. The molecule has 3 N–H and O–H groups in total. The number of nitrogens with zero attached hydrogens (tertiary/aromatic N) is 2. The monoisotopic (exact) mass is 234 g/mol. The average Bonchev–Trinajstić information content (AvgIpc) is 2.64. The number of aromatic nitrogens is 2. The third kappa shape index (κ3) is 2.30. The van der Waals surface area contributed by atoms with Crippen molar-refractivity contribution < 1.29 is 0 Å². The number of hydrogen-bond acceptors (Lipinski definition) is 5. The van der Waals surface area contributed by atoms with Crippen molar-refractivity contribution in [3.05, 3.63) is 34.8 Å². The van der Waals surface area contributed by atoms with E-state index < -0.39 is 0 Å². The van der Waals surface area contributed by atoms with Crippen LogP contribution in [0.1, 0.15) is 23.5 Å². The van der Waals surface area contributed by atoms with Crippen LogP contribution < -0.4 is 11.1 Å². The van der Waals surface area contributed by atoms with Crippen molar-refractivity contribution in [2.75, 3.05) is 11.1 Å². The first-order valence-corrected chi connectivity index (χ1v) is 5.89. The minimum atomic E-state index is 0.133. The number of nitrogens with two attached hydrogens (primary N) is 1. The number of rotatable bonds is 3. The van der Waals surface area contributed by atoms with Crippen molar-refractivity contribution in [3.8, 4) is 0 Å². The molecule has 0 radical (unpaired) electrons. The Morgan fingerprint density at radius 2 is 2.06 bits per heavy atom. The Labute approximate surface area is 98.5 Å². The van der Waals surface area contributed by atoms with Gasteiger partial charge in [-0.1, -0.05) is 29.5 Å². The van der Waals surface area contributed by atoms with Crippen LogP contribution >= 0.6 is 11.3 Å². The van der Waals surface area contributed by atoms with Crippen LogP contribution in [0.2, 0.25) is 0 Å². The van der Waals surface area contributed by atoms with E-state index in [4.69, 9.17) is 5.73 Å². The molecule has 16 heavy (non-hydrogen) atoms. The smallest absolute Gasteiger partial charge is 0.206 e. The highest BCUT2D eigenvalue weighted by atomic mass is 32.1. The molecule has 0 bridgehead atoms. The van der Waals surface area contributed by atoms with E-state index in [1.165, 1.54) is 0 Å². The molecule has 0 saturated heterocycles. The predicted octanol–water partition coefficient (Wildman–Crippen LogP) is 2.60. The lowest BCUT2D eigenvalue weighted by Crippen LogP contribution is -2.08. The molecular weight excluding hydrogens is 220 g/mol. The van der Waals surface area contributed by atoms with E-state index in [-0.39, 0.29) is 6.04 Å². The maximum Gasteiger partial charge on any atom is 0.206 e. The molecule has 0 aliphatic carbocycles. The van der Waals surface area contributed by atoms with Gasteiger partial charge in [0.25, 0.3) is 0 Å². The summed E-state index contributed by atoms with van der Waals surface area (Å²) < 4.78 is 0. The van der Waals surface area contributed by atoms with Crippen LogP contribution in [0.15, 0.2) is 24.3 Å². The molecule has 0 spiro atoms. The zero-order valence-corrected chi connectivity index (χ0v) is 10.1. The van der Waals surface area contributed by atoms with E-state index >= 15 is 0 Å². The highest BCUT2D eigenvalue weighted by Crippen LogP contribution is 2.25. The number of anilines is 2. The van der Waals surface area contributed by atoms with Gasteiger partial charge >= 0.3 is 0 Å². The number of nitrogens with one attached hydrogen (secondary N) is 1. The van der Waals surface area contributed by atoms with Gasteiger partial charge in [-0.2, -0.15) is 0 Å². The zero-order valence-electron chi connectivity index (χ0n) is 9.27. The van der Waals surface area contributed by atoms with E-state index in [1.807, 2.05) is 31.2 Å². The standard InChI is InChI=1S/C11H14N4S/c1-7(9-5-3-4-6-10(9)12)13-11-15-14-8(2)16-11/h3-7H,12H2,1-2H3,(H,13,15). The Morgan fingerprint density at radius 1 is 1.31 bits per heavy atom. The zero-order chi connectivity index (χ0) is 11.5. The van der Waals surface area contributed by atoms with Gasteiger partial charge in [-0.25, -0.2) is 0 Å². The second-order valence-electron chi connectivity index (χ2n) is 3.62. The lowest BCUT2D eigenvalue weighted by atomic mass is 10.1. The van der Waals surface area contributed by atoms with Crippen LogP contribution in [0.25, 0.3) is 0 Å². The van der Waals surface area contributed by atoms with Gasteiger partial charge in [-0.05, 0) is 25.5 Å². The second-order valence-corrected chi connectivity index (χ2v) is 4.80. The summed E-state index contributed by atoms with van der Waals surface area (Å²) in [6.45, 7) is 3.99. The minimum absolute atomic E-state index is 0.133. The predicted molar refractivity (Wildman–Crippen MR) is 67.5 cm³/mol. The Balaban J connectivity index is 2.14. The molecule has 0 amide bonds. The van der Waals surface area contributed by atoms with Crippen LogP contribution in [-0.4, -0.2) is 10.2 Å². The molecular formula is C11H14N4S. The van der Waals surface area contributed by atoms with E-state index in [1.54, 1.807) is 11.3 Å². The summed E-state index contributed by atoms with van der Waals surface area (Å²) in [5, 5.41) is 13.1. The van der Waals surface area contributed by atoms with Gasteiger partial charge < -0.3 is 11.1 Å². The molecule has 1 aromatic carbocycles. The summed E-state index contributed by atoms with van der Waals surface area (Å²) in [6.07, 6.45) is 0. The number of benzene rings is 1. The van der Waals surface area contributed by atoms with Crippen LogP contribution in [0.4, 0.5) is 10.8 Å². The lowest BCUT2D eigenvalue weighted by molar-refractivity contribution is 0.875. The molecule has 0 fully saturated rings. The quantitative estimate of drug-likeness (QED) is 0.801. The molecule has 1 unspecified atom stereocenters. The van der Waals surface area contributed by atoms with Gasteiger partial charge in [-0.3, -0.25) is 0 Å². The summed E-state index contributed by atoms with van der Waals surface area (Å²) in [7, 11) is 0. The first kappa shape index (κ1) is 10.9.